The van der Waals surface area contributed by atoms with Gasteiger partial charge in [0.2, 0.25) is 5.91 Å². The minimum absolute atomic E-state index is 0.000484. The topological polar surface area (TPSA) is 83.4 Å². The standard InChI is InChI=1S/C14H21N3O3/c18-13(17-11-5-2-1-3-6-11)10-16-14(19)15-9-12-7-4-8-20-12/h4,7-8,11H,1-3,5-6,9-10H2,(H,17,18)(H2,15,16,19). The van der Waals surface area contributed by atoms with Gasteiger partial charge in [-0.3, -0.25) is 4.79 Å². The molecule has 1 saturated carbocycles. The molecule has 0 saturated heterocycles. The van der Waals surface area contributed by atoms with Crippen LogP contribution in [0.5, 0.6) is 0 Å². The van der Waals surface area contributed by atoms with Gasteiger partial charge in [0.05, 0.1) is 19.4 Å². The number of carbonyl (C=O) groups excluding carboxylic acids is 2. The molecule has 1 heterocycles. The van der Waals surface area contributed by atoms with E-state index in [9.17, 15) is 9.59 Å². The Morgan fingerprint density at radius 3 is 2.70 bits per heavy atom. The third-order valence-electron chi connectivity index (χ3n) is 3.38. The first-order chi connectivity index (χ1) is 9.74. The Morgan fingerprint density at radius 2 is 2.00 bits per heavy atom. The van der Waals surface area contributed by atoms with Crippen LogP contribution < -0.4 is 16.0 Å². The normalized spacial score (nSPS) is 15.6. The molecule has 1 aromatic heterocycles. The number of hydrogen-bond acceptors (Lipinski definition) is 3. The van der Waals surface area contributed by atoms with Crippen LogP contribution in [0.1, 0.15) is 37.9 Å². The number of rotatable bonds is 5. The van der Waals surface area contributed by atoms with Gasteiger partial charge in [-0.2, -0.15) is 0 Å². The van der Waals surface area contributed by atoms with E-state index < -0.39 is 0 Å². The van der Waals surface area contributed by atoms with E-state index in [0.29, 0.717) is 12.3 Å². The summed E-state index contributed by atoms with van der Waals surface area (Å²) in [5.74, 6) is 0.539. The van der Waals surface area contributed by atoms with E-state index in [-0.39, 0.29) is 24.5 Å². The number of nitrogens with one attached hydrogen (secondary N) is 3. The van der Waals surface area contributed by atoms with Gasteiger partial charge in [0.15, 0.2) is 0 Å². The lowest BCUT2D eigenvalue weighted by molar-refractivity contribution is -0.121. The lowest BCUT2D eigenvalue weighted by Crippen LogP contribution is -2.45. The van der Waals surface area contributed by atoms with Crippen molar-refractivity contribution in [2.75, 3.05) is 6.54 Å². The van der Waals surface area contributed by atoms with Gasteiger partial charge in [-0.15, -0.1) is 0 Å². The summed E-state index contributed by atoms with van der Waals surface area (Å²) < 4.78 is 5.09. The fourth-order valence-corrected chi connectivity index (χ4v) is 2.33. The zero-order chi connectivity index (χ0) is 14.2. The van der Waals surface area contributed by atoms with Crippen molar-refractivity contribution in [1.29, 1.82) is 0 Å². The molecule has 0 bridgehead atoms. The van der Waals surface area contributed by atoms with Crippen LogP contribution in [0.4, 0.5) is 4.79 Å². The number of furan rings is 1. The van der Waals surface area contributed by atoms with Crippen molar-refractivity contribution in [1.82, 2.24) is 16.0 Å². The molecule has 6 nitrogen and oxygen atoms in total. The van der Waals surface area contributed by atoms with Crippen molar-refractivity contribution >= 4 is 11.9 Å². The first kappa shape index (κ1) is 14.4. The lowest BCUT2D eigenvalue weighted by Gasteiger charge is -2.22. The van der Waals surface area contributed by atoms with Crippen molar-refractivity contribution in [3.8, 4) is 0 Å². The van der Waals surface area contributed by atoms with E-state index in [2.05, 4.69) is 16.0 Å². The van der Waals surface area contributed by atoms with E-state index in [1.54, 1.807) is 18.4 Å². The maximum absolute atomic E-state index is 11.7. The van der Waals surface area contributed by atoms with Crippen LogP contribution in [0.25, 0.3) is 0 Å². The summed E-state index contributed by atoms with van der Waals surface area (Å²) in [5, 5.41) is 8.09. The summed E-state index contributed by atoms with van der Waals surface area (Å²) >= 11 is 0. The molecule has 6 heteroatoms. The van der Waals surface area contributed by atoms with Crippen LogP contribution in [0.2, 0.25) is 0 Å². The summed E-state index contributed by atoms with van der Waals surface area (Å²) in [5.41, 5.74) is 0. The average molecular weight is 279 g/mol. The second kappa shape index (κ2) is 7.57. The quantitative estimate of drug-likeness (QED) is 0.764. The van der Waals surface area contributed by atoms with E-state index >= 15 is 0 Å². The summed E-state index contributed by atoms with van der Waals surface area (Å²) in [7, 11) is 0. The predicted octanol–water partition coefficient (Wildman–Crippen LogP) is 1.53. The Kier molecular flexibility index (Phi) is 5.46. The minimum atomic E-state index is -0.375. The van der Waals surface area contributed by atoms with E-state index in [1.807, 2.05) is 0 Å². The minimum Gasteiger partial charge on any atom is -0.467 e. The van der Waals surface area contributed by atoms with Crippen LogP contribution in [0, 0.1) is 0 Å². The molecule has 1 aromatic rings. The van der Waals surface area contributed by atoms with E-state index in [1.165, 1.54) is 19.3 Å². The van der Waals surface area contributed by atoms with Crippen LogP contribution in [0.15, 0.2) is 22.8 Å². The molecular weight excluding hydrogens is 258 g/mol. The molecule has 3 N–H and O–H groups in total. The molecule has 110 valence electrons. The van der Waals surface area contributed by atoms with Crippen LogP contribution in [-0.2, 0) is 11.3 Å². The van der Waals surface area contributed by atoms with Crippen molar-refractivity contribution < 1.29 is 14.0 Å². The molecule has 0 unspecified atom stereocenters. The number of amides is 3. The summed E-state index contributed by atoms with van der Waals surface area (Å²) in [6, 6.07) is 3.42. The Hall–Kier alpha value is -1.98. The molecular formula is C14H21N3O3. The van der Waals surface area contributed by atoms with Gasteiger partial charge in [0.1, 0.15) is 5.76 Å². The summed E-state index contributed by atoms with van der Waals surface area (Å²) in [6.45, 7) is 0.309. The first-order valence-electron chi connectivity index (χ1n) is 7.07. The van der Waals surface area contributed by atoms with Crippen LogP contribution >= 0.6 is 0 Å². The maximum Gasteiger partial charge on any atom is 0.315 e. The second-order valence-corrected chi connectivity index (χ2v) is 5.02. The monoisotopic (exact) mass is 279 g/mol. The highest BCUT2D eigenvalue weighted by molar-refractivity contribution is 5.84. The highest BCUT2D eigenvalue weighted by Gasteiger charge is 2.15. The molecule has 2 rings (SSSR count). The largest absolute Gasteiger partial charge is 0.467 e. The van der Waals surface area contributed by atoms with Gasteiger partial charge in [0.25, 0.3) is 0 Å². The second-order valence-electron chi connectivity index (χ2n) is 5.02. The molecule has 0 aliphatic heterocycles. The molecule has 3 amide bonds. The smallest absolute Gasteiger partial charge is 0.315 e. The molecule has 0 atom stereocenters. The molecule has 0 radical (unpaired) electrons. The van der Waals surface area contributed by atoms with Gasteiger partial charge in [0, 0.05) is 6.04 Å². The maximum atomic E-state index is 11.7. The fraction of sp³-hybridized carbons (Fsp3) is 0.571. The van der Waals surface area contributed by atoms with E-state index in [4.69, 9.17) is 4.42 Å². The highest BCUT2D eigenvalue weighted by Crippen LogP contribution is 2.16. The van der Waals surface area contributed by atoms with Crippen molar-refractivity contribution in [2.45, 2.75) is 44.7 Å². The fourth-order valence-electron chi connectivity index (χ4n) is 2.33. The summed E-state index contributed by atoms with van der Waals surface area (Å²) in [4.78, 5) is 23.2. The van der Waals surface area contributed by atoms with Crippen molar-refractivity contribution in [3.05, 3.63) is 24.2 Å². The number of urea groups is 1. The third kappa shape index (κ3) is 4.95. The van der Waals surface area contributed by atoms with Crippen molar-refractivity contribution in [2.24, 2.45) is 0 Å². The Bertz CT molecular complexity index is 425. The zero-order valence-electron chi connectivity index (χ0n) is 11.5. The number of hydrogen-bond donors (Lipinski definition) is 3. The highest BCUT2D eigenvalue weighted by atomic mass is 16.3. The Morgan fingerprint density at radius 1 is 1.20 bits per heavy atom. The van der Waals surface area contributed by atoms with Gasteiger partial charge < -0.3 is 20.4 Å². The molecule has 1 fully saturated rings. The van der Waals surface area contributed by atoms with Crippen molar-refractivity contribution in [3.63, 3.8) is 0 Å². The Balaban J connectivity index is 1.58. The third-order valence-corrected chi connectivity index (χ3v) is 3.38. The predicted molar refractivity (Wildman–Crippen MR) is 74.0 cm³/mol. The van der Waals surface area contributed by atoms with Crippen LogP contribution in [0.3, 0.4) is 0 Å². The van der Waals surface area contributed by atoms with Gasteiger partial charge in [-0.1, -0.05) is 19.3 Å². The molecule has 0 spiro atoms. The van der Waals surface area contributed by atoms with E-state index in [0.717, 1.165) is 12.8 Å². The average Bonchev–Trinajstić information content (AvgIpc) is 2.97. The van der Waals surface area contributed by atoms with Gasteiger partial charge in [-0.25, -0.2) is 4.79 Å². The molecule has 1 aliphatic carbocycles. The lowest BCUT2D eigenvalue weighted by atomic mass is 9.95. The molecule has 0 aromatic carbocycles. The first-order valence-corrected chi connectivity index (χ1v) is 7.07. The van der Waals surface area contributed by atoms with Gasteiger partial charge >= 0.3 is 6.03 Å². The SMILES string of the molecule is O=C(CNC(=O)NCc1ccco1)NC1CCCCC1. The van der Waals surface area contributed by atoms with Gasteiger partial charge in [-0.05, 0) is 25.0 Å². The molecule has 1 aliphatic rings. The number of carbonyl (C=O) groups is 2. The molecule has 20 heavy (non-hydrogen) atoms. The van der Waals surface area contributed by atoms with Crippen LogP contribution in [-0.4, -0.2) is 24.5 Å². The zero-order valence-corrected chi connectivity index (χ0v) is 11.5. The Labute approximate surface area is 118 Å². The summed E-state index contributed by atoms with van der Waals surface area (Å²) in [6.07, 6.45) is 7.21.